The molecule has 0 saturated carbocycles. The van der Waals surface area contributed by atoms with Gasteiger partial charge in [-0.05, 0) is 48.5 Å². The molecule has 0 amide bonds. The highest BCUT2D eigenvalue weighted by Gasteiger charge is 2.29. The summed E-state index contributed by atoms with van der Waals surface area (Å²) in [6.07, 6.45) is 1.61. The first-order valence-electron chi connectivity index (χ1n) is 11.4. The lowest BCUT2D eigenvalue weighted by Gasteiger charge is -2.16. The maximum atomic E-state index is 13.4. The van der Waals surface area contributed by atoms with Gasteiger partial charge in [0.15, 0.2) is 0 Å². The molecular weight excluding hydrogens is 470 g/mol. The molecule has 0 spiro atoms. The molecule has 184 valence electrons. The third kappa shape index (κ3) is 6.49. The minimum absolute atomic E-state index is 0.168. The van der Waals surface area contributed by atoms with Crippen molar-refractivity contribution in [2.45, 2.75) is 0 Å². The van der Waals surface area contributed by atoms with Gasteiger partial charge in [0.05, 0.1) is 16.7 Å². The second-order valence-electron chi connectivity index (χ2n) is 7.72. The van der Waals surface area contributed by atoms with E-state index < -0.39 is 17.9 Å². The van der Waals surface area contributed by atoms with Gasteiger partial charge in [0.25, 0.3) is 0 Å². The minimum atomic E-state index is -0.915. The largest absolute Gasteiger partial charge is 0.423 e. The van der Waals surface area contributed by atoms with Crippen molar-refractivity contribution in [3.63, 3.8) is 0 Å². The van der Waals surface area contributed by atoms with E-state index in [9.17, 15) is 14.4 Å². The molecular formula is C30H23NO6. The van der Waals surface area contributed by atoms with E-state index in [1.54, 1.807) is 97.1 Å². The van der Waals surface area contributed by atoms with Crippen LogP contribution in [0, 0.1) is 0 Å². The average molecular weight is 494 g/mol. The lowest BCUT2D eigenvalue weighted by molar-refractivity contribution is 0.0674. The van der Waals surface area contributed by atoms with Gasteiger partial charge in [-0.25, -0.2) is 14.4 Å². The molecule has 0 unspecified atom stereocenters. The van der Waals surface area contributed by atoms with Gasteiger partial charge in [0.2, 0.25) is 0 Å². The predicted molar refractivity (Wildman–Crippen MR) is 139 cm³/mol. The number of para-hydroxylation sites is 3. The summed E-state index contributed by atoms with van der Waals surface area (Å²) in [6.45, 7) is 4.02. The van der Waals surface area contributed by atoms with E-state index in [2.05, 4.69) is 11.9 Å². The average Bonchev–Trinajstić information content (AvgIpc) is 2.93. The third-order valence-electron chi connectivity index (χ3n) is 5.09. The molecule has 1 N–H and O–H groups in total. The Kier molecular flexibility index (Phi) is 8.08. The van der Waals surface area contributed by atoms with Gasteiger partial charge in [0, 0.05) is 12.2 Å². The van der Waals surface area contributed by atoms with Crippen LogP contribution in [0.4, 0.5) is 5.69 Å². The number of benzene rings is 4. The Hall–Kier alpha value is -5.17. The predicted octanol–water partition coefficient (Wildman–Crippen LogP) is 5.94. The van der Waals surface area contributed by atoms with Crippen LogP contribution in [0.2, 0.25) is 0 Å². The molecule has 4 aromatic rings. The smallest absolute Gasteiger partial charge is 0.345 e. The monoisotopic (exact) mass is 493 g/mol. The summed E-state index contributed by atoms with van der Waals surface area (Å²) in [7, 11) is 0. The van der Waals surface area contributed by atoms with Crippen molar-refractivity contribution in [2.24, 2.45) is 0 Å². The molecule has 0 bridgehead atoms. The van der Waals surface area contributed by atoms with E-state index in [4.69, 9.17) is 14.2 Å². The molecule has 4 aromatic carbocycles. The van der Waals surface area contributed by atoms with Gasteiger partial charge in [-0.2, -0.15) is 0 Å². The van der Waals surface area contributed by atoms with Crippen molar-refractivity contribution in [2.75, 3.05) is 11.9 Å². The Labute approximate surface area is 213 Å². The van der Waals surface area contributed by atoms with Crippen molar-refractivity contribution in [3.8, 4) is 17.2 Å². The molecule has 0 radical (unpaired) electrons. The van der Waals surface area contributed by atoms with E-state index in [1.807, 2.05) is 0 Å². The van der Waals surface area contributed by atoms with Crippen LogP contribution in [0.3, 0.4) is 0 Å². The lowest BCUT2D eigenvalue weighted by Crippen LogP contribution is -2.24. The second-order valence-corrected chi connectivity index (χ2v) is 7.72. The van der Waals surface area contributed by atoms with Crippen molar-refractivity contribution >= 4 is 23.6 Å². The van der Waals surface area contributed by atoms with E-state index in [0.29, 0.717) is 12.2 Å². The number of carbonyl (C=O) groups is 3. The highest BCUT2D eigenvalue weighted by molar-refractivity contribution is 6.12. The van der Waals surface area contributed by atoms with Gasteiger partial charge in [-0.15, -0.1) is 6.58 Å². The molecule has 0 aliphatic heterocycles. The highest BCUT2D eigenvalue weighted by atomic mass is 16.5. The fourth-order valence-corrected chi connectivity index (χ4v) is 3.42. The highest BCUT2D eigenvalue weighted by Crippen LogP contribution is 2.27. The fourth-order valence-electron chi connectivity index (χ4n) is 3.42. The lowest BCUT2D eigenvalue weighted by atomic mass is 9.99. The second kappa shape index (κ2) is 12.0. The van der Waals surface area contributed by atoms with Crippen molar-refractivity contribution in [1.82, 2.24) is 0 Å². The molecule has 0 aliphatic rings. The Balaban J connectivity index is 1.82. The molecule has 7 nitrogen and oxygen atoms in total. The fraction of sp³-hybridized carbons (Fsp3) is 0.0333. The van der Waals surface area contributed by atoms with Crippen molar-refractivity contribution in [3.05, 3.63) is 132 Å². The van der Waals surface area contributed by atoms with Gasteiger partial charge in [0.1, 0.15) is 17.2 Å². The van der Waals surface area contributed by atoms with Crippen molar-refractivity contribution < 1.29 is 28.6 Å². The van der Waals surface area contributed by atoms with E-state index in [0.717, 1.165) is 0 Å². The zero-order valence-corrected chi connectivity index (χ0v) is 19.8. The number of rotatable bonds is 9. The molecule has 0 aromatic heterocycles. The van der Waals surface area contributed by atoms with E-state index in [1.165, 1.54) is 12.1 Å². The quantitative estimate of drug-likeness (QED) is 0.175. The van der Waals surface area contributed by atoms with Crippen LogP contribution in [0.5, 0.6) is 17.2 Å². The van der Waals surface area contributed by atoms with Crippen LogP contribution in [0.1, 0.15) is 31.1 Å². The number of esters is 3. The number of carbonyl (C=O) groups excluding carboxylic acids is 3. The number of hydrogen-bond donors (Lipinski definition) is 1. The maximum absolute atomic E-state index is 13.4. The van der Waals surface area contributed by atoms with Gasteiger partial charge < -0.3 is 19.5 Å². The molecule has 4 rings (SSSR count). The normalized spacial score (nSPS) is 10.2. The molecule has 0 fully saturated rings. The first-order chi connectivity index (χ1) is 18.0. The van der Waals surface area contributed by atoms with Crippen LogP contribution in [0.15, 0.2) is 116 Å². The zero-order chi connectivity index (χ0) is 26.0. The standard InChI is InChI=1S/C30H23NO6/c1-2-18-31-21-19-25(28(32)35-22-12-6-3-7-13-22)27(30(34)37-24-16-10-5-11-17-24)26(20-21)29(33)36-23-14-8-4-9-15-23/h2-17,19-20,31H,1,18H2. The summed E-state index contributed by atoms with van der Waals surface area (Å²) in [5.41, 5.74) is -0.233. The van der Waals surface area contributed by atoms with Crippen LogP contribution < -0.4 is 19.5 Å². The molecule has 0 saturated heterocycles. The van der Waals surface area contributed by atoms with Gasteiger partial charge in [-0.3, -0.25) is 0 Å². The summed E-state index contributed by atoms with van der Waals surface area (Å²) < 4.78 is 16.5. The van der Waals surface area contributed by atoms with Gasteiger partial charge in [-0.1, -0.05) is 60.7 Å². The van der Waals surface area contributed by atoms with Gasteiger partial charge >= 0.3 is 17.9 Å². The van der Waals surface area contributed by atoms with E-state index >= 15 is 0 Å². The summed E-state index contributed by atoms with van der Waals surface area (Å²) in [5, 5.41) is 3.04. The first kappa shape index (κ1) is 24.9. The number of ether oxygens (including phenoxy) is 3. The Morgan fingerprint density at radius 3 is 1.38 bits per heavy atom. The molecule has 0 aliphatic carbocycles. The Morgan fingerprint density at radius 2 is 1.00 bits per heavy atom. The zero-order valence-electron chi connectivity index (χ0n) is 19.8. The summed E-state index contributed by atoms with van der Waals surface area (Å²) in [6, 6.07) is 28.0. The van der Waals surface area contributed by atoms with Crippen LogP contribution in [-0.4, -0.2) is 24.5 Å². The molecule has 0 heterocycles. The SMILES string of the molecule is C=CCNc1cc(C(=O)Oc2ccccc2)c(C(=O)Oc2ccccc2)c(C(=O)Oc2ccccc2)c1. The summed E-state index contributed by atoms with van der Waals surface area (Å²) in [5.74, 6) is -1.82. The topological polar surface area (TPSA) is 90.9 Å². The number of hydrogen-bond acceptors (Lipinski definition) is 7. The van der Waals surface area contributed by atoms with Crippen LogP contribution in [-0.2, 0) is 0 Å². The maximum Gasteiger partial charge on any atom is 0.345 e. The molecule has 0 atom stereocenters. The number of anilines is 1. The Bertz CT molecular complexity index is 1330. The summed E-state index contributed by atoms with van der Waals surface area (Å²) in [4.78, 5) is 40.1. The van der Waals surface area contributed by atoms with Crippen LogP contribution in [0.25, 0.3) is 0 Å². The molecule has 7 heteroatoms. The van der Waals surface area contributed by atoms with Crippen LogP contribution >= 0.6 is 0 Å². The molecule has 37 heavy (non-hydrogen) atoms. The third-order valence-corrected chi connectivity index (χ3v) is 5.09. The summed E-state index contributed by atoms with van der Waals surface area (Å²) >= 11 is 0. The first-order valence-corrected chi connectivity index (χ1v) is 11.4. The van der Waals surface area contributed by atoms with E-state index in [-0.39, 0.29) is 33.9 Å². The Morgan fingerprint density at radius 1 is 0.622 bits per heavy atom. The number of nitrogens with one attached hydrogen (secondary N) is 1. The minimum Gasteiger partial charge on any atom is -0.423 e. The van der Waals surface area contributed by atoms with Crippen molar-refractivity contribution in [1.29, 1.82) is 0 Å².